The van der Waals surface area contributed by atoms with Gasteiger partial charge < -0.3 is 15.4 Å². The maximum atomic E-state index is 5.96. The molecular formula is C18H25ClN6O. The molecule has 2 atom stereocenters. The van der Waals surface area contributed by atoms with Crippen LogP contribution in [0.1, 0.15) is 42.2 Å². The number of ether oxygens (including phenoxy) is 1. The molecule has 2 heterocycles. The highest BCUT2D eigenvalue weighted by atomic mass is 35.5. The van der Waals surface area contributed by atoms with Crippen molar-refractivity contribution in [3.63, 3.8) is 0 Å². The fraction of sp³-hybridized carbons (Fsp3) is 0.500. The van der Waals surface area contributed by atoms with Gasteiger partial charge in [-0.3, -0.25) is 4.99 Å². The zero-order valence-corrected chi connectivity index (χ0v) is 16.1. The van der Waals surface area contributed by atoms with E-state index >= 15 is 0 Å². The summed E-state index contributed by atoms with van der Waals surface area (Å²) in [5, 5.41) is 12.0. The summed E-state index contributed by atoms with van der Waals surface area (Å²) in [6.07, 6.45) is 1.97. The molecule has 8 heteroatoms. The molecule has 0 aliphatic carbocycles. The van der Waals surface area contributed by atoms with Gasteiger partial charge in [0.25, 0.3) is 0 Å². The molecule has 2 unspecified atom stereocenters. The van der Waals surface area contributed by atoms with Crippen molar-refractivity contribution in [3.8, 4) is 0 Å². The number of aryl methyl sites for hydroxylation is 2. The van der Waals surface area contributed by atoms with Gasteiger partial charge in [0.05, 0.1) is 12.1 Å². The van der Waals surface area contributed by atoms with Crippen LogP contribution in [0, 0.1) is 6.92 Å². The molecule has 0 amide bonds. The Morgan fingerprint density at radius 3 is 2.88 bits per heavy atom. The third-order valence-corrected chi connectivity index (χ3v) is 4.75. The topological polar surface area (TPSA) is 76.4 Å². The van der Waals surface area contributed by atoms with E-state index in [9.17, 15) is 0 Å². The molecule has 140 valence electrons. The number of hydrogen-bond donors (Lipinski definition) is 2. The smallest absolute Gasteiger partial charge is 0.191 e. The molecule has 0 radical (unpaired) electrons. The summed E-state index contributed by atoms with van der Waals surface area (Å²) in [4.78, 5) is 8.89. The zero-order chi connectivity index (χ0) is 18.5. The van der Waals surface area contributed by atoms with E-state index in [1.165, 1.54) is 0 Å². The molecular weight excluding hydrogens is 352 g/mol. The molecule has 0 spiro atoms. The Morgan fingerprint density at radius 1 is 1.42 bits per heavy atom. The fourth-order valence-corrected chi connectivity index (χ4v) is 3.29. The summed E-state index contributed by atoms with van der Waals surface area (Å²) in [5.74, 6) is 2.50. The van der Waals surface area contributed by atoms with E-state index in [1.807, 2.05) is 35.9 Å². The SMILES string of the molecule is CN=C(NCC(OC)c1ccc(Cl)cc1)NC1CCCn2nc(C)nc21. The van der Waals surface area contributed by atoms with Crippen molar-refractivity contribution in [1.29, 1.82) is 0 Å². The summed E-state index contributed by atoms with van der Waals surface area (Å²) in [6, 6.07) is 7.79. The first-order valence-corrected chi connectivity index (χ1v) is 9.15. The number of rotatable bonds is 5. The van der Waals surface area contributed by atoms with E-state index < -0.39 is 0 Å². The van der Waals surface area contributed by atoms with Crippen LogP contribution in [-0.4, -0.2) is 41.4 Å². The average molecular weight is 377 g/mol. The van der Waals surface area contributed by atoms with Gasteiger partial charge in [-0.15, -0.1) is 0 Å². The third-order valence-electron chi connectivity index (χ3n) is 4.50. The summed E-state index contributed by atoms with van der Waals surface area (Å²) >= 11 is 5.96. The number of methoxy groups -OCH3 is 1. The Kier molecular flexibility index (Phi) is 6.11. The van der Waals surface area contributed by atoms with Crippen molar-refractivity contribution in [2.75, 3.05) is 20.7 Å². The van der Waals surface area contributed by atoms with Gasteiger partial charge >= 0.3 is 0 Å². The molecule has 3 rings (SSSR count). The Morgan fingerprint density at radius 2 is 2.19 bits per heavy atom. The van der Waals surface area contributed by atoms with E-state index in [0.29, 0.717) is 11.6 Å². The standard InChI is InChI=1S/C18H25ClN6O/c1-12-22-17-15(5-4-10-25(17)24-12)23-18(20-2)21-11-16(26-3)13-6-8-14(19)9-7-13/h6-9,15-16H,4-5,10-11H2,1-3H3,(H2,20,21,23). The molecule has 2 aromatic rings. The number of benzene rings is 1. The Hall–Kier alpha value is -2.12. The summed E-state index contributed by atoms with van der Waals surface area (Å²) in [5.41, 5.74) is 1.06. The van der Waals surface area contributed by atoms with Crippen molar-refractivity contribution in [1.82, 2.24) is 25.4 Å². The lowest BCUT2D eigenvalue weighted by Crippen LogP contribution is -2.43. The summed E-state index contributed by atoms with van der Waals surface area (Å²) in [6.45, 7) is 3.43. The van der Waals surface area contributed by atoms with Crippen molar-refractivity contribution in [2.45, 2.75) is 38.5 Å². The first-order valence-electron chi connectivity index (χ1n) is 8.77. The minimum atomic E-state index is -0.0944. The molecule has 1 aliphatic rings. The minimum absolute atomic E-state index is 0.0944. The van der Waals surface area contributed by atoms with Gasteiger partial charge in [0, 0.05) is 32.3 Å². The van der Waals surface area contributed by atoms with E-state index in [0.717, 1.165) is 42.6 Å². The van der Waals surface area contributed by atoms with Gasteiger partial charge in [0.2, 0.25) is 0 Å². The Balaban J connectivity index is 1.62. The molecule has 0 fully saturated rings. The van der Waals surface area contributed by atoms with Crippen molar-refractivity contribution in [2.24, 2.45) is 4.99 Å². The van der Waals surface area contributed by atoms with Crippen molar-refractivity contribution >= 4 is 17.6 Å². The zero-order valence-electron chi connectivity index (χ0n) is 15.4. The first-order chi connectivity index (χ1) is 12.6. The van der Waals surface area contributed by atoms with Crippen LogP contribution in [-0.2, 0) is 11.3 Å². The van der Waals surface area contributed by atoms with E-state index in [2.05, 4.69) is 25.7 Å². The van der Waals surface area contributed by atoms with Crippen LogP contribution in [0.15, 0.2) is 29.3 Å². The summed E-state index contributed by atoms with van der Waals surface area (Å²) in [7, 11) is 3.46. The van der Waals surface area contributed by atoms with Gasteiger partial charge in [-0.1, -0.05) is 23.7 Å². The van der Waals surface area contributed by atoms with E-state index in [4.69, 9.17) is 16.3 Å². The average Bonchev–Trinajstić information content (AvgIpc) is 3.03. The lowest BCUT2D eigenvalue weighted by Gasteiger charge is -2.26. The van der Waals surface area contributed by atoms with Gasteiger partial charge in [-0.2, -0.15) is 5.10 Å². The lowest BCUT2D eigenvalue weighted by atomic mass is 10.1. The second-order valence-electron chi connectivity index (χ2n) is 6.31. The normalized spacial score (nSPS) is 18.3. The van der Waals surface area contributed by atoms with Crippen LogP contribution in [0.3, 0.4) is 0 Å². The highest BCUT2D eigenvalue weighted by Gasteiger charge is 2.24. The van der Waals surface area contributed by atoms with Gasteiger partial charge in [-0.25, -0.2) is 9.67 Å². The van der Waals surface area contributed by atoms with Crippen LogP contribution < -0.4 is 10.6 Å². The van der Waals surface area contributed by atoms with E-state index in [1.54, 1.807) is 14.2 Å². The number of nitrogens with one attached hydrogen (secondary N) is 2. The molecule has 0 saturated carbocycles. The number of halogens is 1. The molecule has 1 aromatic heterocycles. The molecule has 1 aliphatic heterocycles. The molecule has 26 heavy (non-hydrogen) atoms. The highest BCUT2D eigenvalue weighted by molar-refractivity contribution is 6.30. The van der Waals surface area contributed by atoms with Crippen LogP contribution in [0.5, 0.6) is 0 Å². The third kappa shape index (κ3) is 4.34. The predicted molar refractivity (Wildman–Crippen MR) is 102 cm³/mol. The maximum absolute atomic E-state index is 5.96. The molecule has 1 aromatic carbocycles. The quantitative estimate of drug-likeness (QED) is 0.619. The van der Waals surface area contributed by atoms with Crippen LogP contribution in [0.4, 0.5) is 0 Å². The second-order valence-corrected chi connectivity index (χ2v) is 6.74. The lowest BCUT2D eigenvalue weighted by molar-refractivity contribution is 0.106. The number of aliphatic imine (C=N–C) groups is 1. The molecule has 7 nitrogen and oxygen atoms in total. The van der Waals surface area contributed by atoms with Gasteiger partial charge in [0.1, 0.15) is 11.6 Å². The van der Waals surface area contributed by atoms with Crippen LogP contribution >= 0.6 is 11.6 Å². The van der Waals surface area contributed by atoms with E-state index in [-0.39, 0.29) is 12.1 Å². The van der Waals surface area contributed by atoms with Gasteiger partial charge in [0.15, 0.2) is 5.96 Å². The fourth-order valence-electron chi connectivity index (χ4n) is 3.17. The number of hydrogen-bond acceptors (Lipinski definition) is 4. The monoisotopic (exact) mass is 376 g/mol. The largest absolute Gasteiger partial charge is 0.375 e. The molecule has 0 bridgehead atoms. The van der Waals surface area contributed by atoms with Gasteiger partial charge in [-0.05, 0) is 37.5 Å². The maximum Gasteiger partial charge on any atom is 0.191 e. The number of guanidine groups is 1. The van der Waals surface area contributed by atoms with Crippen molar-refractivity contribution < 1.29 is 4.74 Å². The minimum Gasteiger partial charge on any atom is -0.375 e. The number of nitrogens with zero attached hydrogens (tertiary/aromatic N) is 4. The molecule has 2 N–H and O–H groups in total. The summed E-state index contributed by atoms with van der Waals surface area (Å²) < 4.78 is 7.59. The number of aromatic nitrogens is 3. The van der Waals surface area contributed by atoms with Crippen LogP contribution in [0.25, 0.3) is 0 Å². The Labute approximate surface area is 158 Å². The van der Waals surface area contributed by atoms with Crippen molar-refractivity contribution in [3.05, 3.63) is 46.5 Å². The first kappa shape index (κ1) is 18.7. The second kappa shape index (κ2) is 8.51. The van der Waals surface area contributed by atoms with Crippen LogP contribution in [0.2, 0.25) is 5.02 Å². The highest BCUT2D eigenvalue weighted by Crippen LogP contribution is 2.23. The predicted octanol–water partition coefficient (Wildman–Crippen LogP) is 2.63. The number of fused-ring (bicyclic) bond motifs is 1. The molecule has 0 saturated heterocycles. The Bertz CT molecular complexity index is 758.